The van der Waals surface area contributed by atoms with E-state index in [0.717, 1.165) is 5.56 Å². The largest absolute Gasteiger partial charge is 0.493 e. The van der Waals surface area contributed by atoms with Crippen LogP contribution < -0.4 is 9.47 Å². The van der Waals surface area contributed by atoms with Gasteiger partial charge in [0.05, 0.1) is 14.2 Å². The van der Waals surface area contributed by atoms with Gasteiger partial charge in [-0.2, -0.15) is 0 Å². The molecule has 0 N–H and O–H groups in total. The first-order valence-electron chi connectivity index (χ1n) is 8.25. The Labute approximate surface area is 157 Å². The minimum atomic E-state index is -0.580. The number of methoxy groups -OCH3 is 2. The molecule has 0 saturated heterocycles. The second-order valence-electron chi connectivity index (χ2n) is 5.53. The van der Waals surface area contributed by atoms with Crippen LogP contribution in [0.25, 0.3) is 6.08 Å². The van der Waals surface area contributed by atoms with Crippen LogP contribution >= 0.6 is 0 Å². The zero-order valence-corrected chi connectivity index (χ0v) is 15.7. The van der Waals surface area contributed by atoms with E-state index >= 15 is 0 Å². The minimum Gasteiger partial charge on any atom is -0.493 e. The van der Waals surface area contributed by atoms with Crippen LogP contribution in [0.1, 0.15) is 34.4 Å². The van der Waals surface area contributed by atoms with Gasteiger partial charge in [0.15, 0.2) is 18.1 Å². The molecule has 0 atom stereocenters. The third-order valence-corrected chi connectivity index (χ3v) is 3.64. The van der Waals surface area contributed by atoms with Gasteiger partial charge in [0.2, 0.25) is 0 Å². The van der Waals surface area contributed by atoms with Crippen LogP contribution in [0.15, 0.2) is 34.8 Å². The molecule has 0 aliphatic heterocycles. The first kappa shape index (κ1) is 20.1. The van der Waals surface area contributed by atoms with Gasteiger partial charge in [-0.05, 0) is 37.6 Å². The van der Waals surface area contributed by atoms with Crippen molar-refractivity contribution in [3.63, 3.8) is 0 Å². The molecule has 0 aliphatic carbocycles. The number of carbonyl (C=O) groups excluding carboxylic acids is 2. The van der Waals surface area contributed by atoms with Crippen molar-refractivity contribution in [2.45, 2.75) is 20.5 Å². The first-order valence-corrected chi connectivity index (χ1v) is 8.25. The third-order valence-electron chi connectivity index (χ3n) is 3.64. The first-order chi connectivity index (χ1) is 13.0. The lowest BCUT2D eigenvalue weighted by Gasteiger charge is -2.11. The summed E-state index contributed by atoms with van der Waals surface area (Å²) in [5.41, 5.74) is 1.25. The molecule has 0 bridgehead atoms. The predicted octanol–water partition coefficient (Wildman–Crippen LogP) is 3.54. The normalized spacial score (nSPS) is 10.7. The SMILES string of the molecule is C/C=C/c1ccc(OCC(=O)OCc2cc(C(=O)OC)c(C)o2)c(OC)c1. The summed E-state index contributed by atoms with van der Waals surface area (Å²) in [5.74, 6) is 0.603. The highest BCUT2D eigenvalue weighted by Gasteiger charge is 2.16. The van der Waals surface area contributed by atoms with Gasteiger partial charge >= 0.3 is 11.9 Å². The summed E-state index contributed by atoms with van der Waals surface area (Å²) in [7, 11) is 2.81. The molecule has 2 rings (SSSR count). The fraction of sp³-hybridized carbons (Fsp3) is 0.300. The Morgan fingerprint density at radius 2 is 1.93 bits per heavy atom. The molecule has 144 valence electrons. The van der Waals surface area contributed by atoms with Crippen LogP contribution in [0, 0.1) is 6.92 Å². The second kappa shape index (κ2) is 9.47. The number of aryl methyl sites for hydroxylation is 1. The van der Waals surface area contributed by atoms with E-state index in [4.69, 9.17) is 18.6 Å². The van der Waals surface area contributed by atoms with Crippen LogP contribution in [-0.4, -0.2) is 32.8 Å². The average molecular weight is 374 g/mol. The van der Waals surface area contributed by atoms with E-state index in [1.165, 1.54) is 20.3 Å². The Kier molecular flexibility index (Phi) is 7.05. The summed E-state index contributed by atoms with van der Waals surface area (Å²) in [6.45, 7) is 3.15. The fourth-order valence-corrected chi connectivity index (χ4v) is 2.36. The number of hydrogen-bond acceptors (Lipinski definition) is 7. The van der Waals surface area contributed by atoms with Gasteiger partial charge in [-0.15, -0.1) is 0 Å². The van der Waals surface area contributed by atoms with Crippen LogP contribution in [-0.2, 0) is 20.9 Å². The molecule has 0 saturated carbocycles. The smallest absolute Gasteiger partial charge is 0.344 e. The molecule has 7 nitrogen and oxygen atoms in total. The number of furan rings is 1. The Bertz CT molecular complexity index is 833. The molecule has 1 heterocycles. The summed E-state index contributed by atoms with van der Waals surface area (Å²) in [6, 6.07) is 6.86. The molecule has 0 unspecified atom stereocenters. The molecular formula is C20H22O7. The molecular weight excluding hydrogens is 352 g/mol. The highest BCUT2D eigenvalue weighted by Crippen LogP contribution is 2.28. The molecule has 0 fully saturated rings. The van der Waals surface area contributed by atoms with Crippen LogP contribution in [0.3, 0.4) is 0 Å². The Morgan fingerprint density at radius 3 is 2.59 bits per heavy atom. The fourth-order valence-electron chi connectivity index (χ4n) is 2.36. The molecule has 27 heavy (non-hydrogen) atoms. The maximum atomic E-state index is 11.9. The molecule has 2 aromatic rings. The molecule has 0 radical (unpaired) electrons. The molecule has 0 spiro atoms. The highest BCUT2D eigenvalue weighted by molar-refractivity contribution is 5.90. The van der Waals surface area contributed by atoms with Gasteiger partial charge in [0.25, 0.3) is 0 Å². The van der Waals surface area contributed by atoms with Crippen LogP contribution in [0.2, 0.25) is 0 Å². The van der Waals surface area contributed by atoms with Crippen LogP contribution in [0.5, 0.6) is 11.5 Å². The van der Waals surface area contributed by atoms with Gasteiger partial charge in [-0.25, -0.2) is 9.59 Å². The predicted molar refractivity (Wildman–Crippen MR) is 97.8 cm³/mol. The lowest BCUT2D eigenvalue weighted by Crippen LogP contribution is -2.15. The van der Waals surface area contributed by atoms with Crippen molar-refractivity contribution in [1.82, 2.24) is 0 Å². The second-order valence-corrected chi connectivity index (χ2v) is 5.53. The van der Waals surface area contributed by atoms with E-state index in [1.807, 2.05) is 25.1 Å². The highest BCUT2D eigenvalue weighted by atomic mass is 16.6. The van der Waals surface area contributed by atoms with E-state index in [2.05, 4.69) is 4.74 Å². The minimum absolute atomic E-state index is 0.114. The number of carbonyl (C=O) groups is 2. The number of hydrogen-bond donors (Lipinski definition) is 0. The van der Waals surface area contributed by atoms with E-state index in [1.54, 1.807) is 19.1 Å². The molecule has 0 aliphatic rings. The van der Waals surface area contributed by atoms with Crippen molar-refractivity contribution in [3.8, 4) is 11.5 Å². The maximum absolute atomic E-state index is 11.9. The van der Waals surface area contributed by atoms with Gasteiger partial charge < -0.3 is 23.4 Å². The topological polar surface area (TPSA) is 84.2 Å². The summed E-state index contributed by atoms with van der Waals surface area (Å²) < 4.78 is 25.9. The number of rotatable bonds is 8. The summed E-state index contributed by atoms with van der Waals surface area (Å²) in [4.78, 5) is 23.5. The molecule has 7 heteroatoms. The van der Waals surface area contributed by atoms with Gasteiger partial charge in [-0.3, -0.25) is 0 Å². The lowest BCUT2D eigenvalue weighted by atomic mass is 10.2. The van der Waals surface area contributed by atoms with Crippen molar-refractivity contribution >= 4 is 18.0 Å². The standard InChI is InChI=1S/C20H22O7/c1-5-6-14-7-8-17(18(9-14)23-3)25-12-19(21)26-11-15-10-16(13(2)27-15)20(22)24-4/h5-10H,11-12H2,1-4H3/b6-5+. The van der Waals surface area contributed by atoms with Crippen molar-refractivity contribution in [3.05, 3.63) is 53.0 Å². The van der Waals surface area contributed by atoms with E-state index in [-0.39, 0.29) is 13.2 Å². The van der Waals surface area contributed by atoms with Gasteiger partial charge in [0, 0.05) is 0 Å². The van der Waals surface area contributed by atoms with Gasteiger partial charge in [-0.1, -0.05) is 18.2 Å². The van der Waals surface area contributed by atoms with Crippen molar-refractivity contribution < 1.29 is 33.0 Å². The van der Waals surface area contributed by atoms with Gasteiger partial charge in [0.1, 0.15) is 23.7 Å². The maximum Gasteiger partial charge on any atom is 0.344 e. The Hall–Kier alpha value is -3.22. The van der Waals surface area contributed by atoms with E-state index in [0.29, 0.717) is 28.6 Å². The molecule has 0 amide bonds. The Morgan fingerprint density at radius 1 is 1.15 bits per heavy atom. The number of ether oxygens (including phenoxy) is 4. The Balaban J connectivity index is 1.91. The zero-order chi connectivity index (χ0) is 19.8. The molecule has 1 aromatic carbocycles. The van der Waals surface area contributed by atoms with Crippen molar-refractivity contribution in [1.29, 1.82) is 0 Å². The summed E-state index contributed by atoms with van der Waals surface area (Å²) in [5, 5.41) is 0. The molecule has 1 aromatic heterocycles. The van der Waals surface area contributed by atoms with Crippen molar-refractivity contribution in [2.75, 3.05) is 20.8 Å². The quantitative estimate of drug-likeness (QED) is 0.653. The number of benzene rings is 1. The zero-order valence-electron chi connectivity index (χ0n) is 15.7. The van der Waals surface area contributed by atoms with E-state index in [9.17, 15) is 9.59 Å². The average Bonchev–Trinajstić information content (AvgIpc) is 3.05. The summed E-state index contributed by atoms with van der Waals surface area (Å²) >= 11 is 0. The summed E-state index contributed by atoms with van der Waals surface area (Å²) in [6.07, 6.45) is 3.84. The number of allylic oxidation sites excluding steroid dienone is 1. The van der Waals surface area contributed by atoms with Crippen molar-refractivity contribution in [2.24, 2.45) is 0 Å². The number of esters is 2. The monoisotopic (exact) mass is 374 g/mol. The van der Waals surface area contributed by atoms with Crippen LogP contribution in [0.4, 0.5) is 0 Å². The van der Waals surface area contributed by atoms with E-state index < -0.39 is 11.9 Å². The third kappa shape index (κ3) is 5.37. The lowest BCUT2D eigenvalue weighted by molar-refractivity contribution is -0.147.